The topological polar surface area (TPSA) is 29.5 Å². The molecule has 0 atom stereocenters. The first-order chi connectivity index (χ1) is 4.74. The van der Waals surface area contributed by atoms with E-state index in [-0.39, 0.29) is 11.5 Å². The van der Waals surface area contributed by atoms with Crippen molar-refractivity contribution in [3.05, 3.63) is 24.0 Å². The summed E-state index contributed by atoms with van der Waals surface area (Å²) in [7, 11) is 1.35. The summed E-state index contributed by atoms with van der Waals surface area (Å²) in [5.74, 6) is -0.821. The summed E-state index contributed by atoms with van der Waals surface area (Å²) in [6.45, 7) is 0. The molecule has 1 aromatic carbocycles. The molecule has 3 heteroatoms. The standard InChI is InChI=1S/C7H6FO2/c1-10-7-3-2-5(9)4-6(7)8/h2-3,9H,1H3. The van der Waals surface area contributed by atoms with E-state index in [1.807, 2.05) is 0 Å². The molecule has 1 N–H and O–H groups in total. The van der Waals surface area contributed by atoms with E-state index >= 15 is 0 Å². The first kappa shape index (κ1) is 6.86. The Morgan fingerprint density at radius 1 is 1.60 bits per heavy atom. The first-order valence-electron chi connectivity index (χ1n) is 2.69. The van der Waals surface area contributed by atoms with Crippen molar-refractivity contribution in [3.8, 4) is 11.5 Å². The molecule has 0 aliphatic carbocycles. The molecule has 0 aromatic heterocycles. The van der Waals surface area contributed by atoms with Crippen molar-refractivity contribution in [1.29, 1.82) is 0 Å². The molecule has 10 heavy (non-hydrogen) atoms. The number of ether oxygens (including phenoxy) is 1. The van der Waals surface area contributed by atoms with Gasteiger partial charge in [0.25, 0.3) is 0 Å². The van der Waals surface area contributed by atoms with E-state index in [2.05, 4.69) is 10.8 Å². The summed E-state index contributed by atoms with van der Waals surface area (Å²) in [5, 5.41) is 8.68. The molecule has 0 spiro atoms. The number of hydrogen-bond acceptors (Lipinski definition) is 2. The summed E-state index contributed by atoms with van der Waals surface area (Å²) in [6.07, 6.45) is 0. The number of aromatic hydroxyl groups is 1. The zero-order valence-electron chi connectivity index (χ0n) is 5.39. The van der Waals surface area contributed by atoms with Gasteiger partial charge >= 0.3 is 0 Å². The third-order valence-corrected chi connectivity index (χ3v) is 1.07. The van der Waals surface area contributed by atoms with Crippen LogP contribution < -0.4 is 4.74 Å². The molecule has 1 aromatic rings. The van der Waals surface area contributed by atoms with Gasteiger partial charge in [0.1, 0.15) is 5.75 Å². The molecule has 0 bridgehead atoms. The second-order valence-corrected chi connectivity index (χ2v) is 1.73. The molecule has 0 amide bonds. The molecular formula is C7H6FO2. The third kappa shape index (κ3) is 1.18. The van der Waals surface area contributed by atoms with E-state index in [0.717, 1.165) is 0 Å². The summed E-state index contributed by atoms with van der Waals surface area (Å²) < 4.78 is 17.1. The first-order valence-corrected chi connectivity index (χ1v) is 2.69. The fourth-order valence-electron chi connectivity index (χ4n) is 0.601. The Kier molecular flexibility index (Phi) is 1.76. The Bertz CT molecular complexity index is 235. The zero-order valence-corrected chi connectivity index (χ0v) is 5.39. The van der Waals surface area contributed by atoms with Crippen molar-refractivity contribution < 1.29 is 14.2 Å². The predicted molar refractivity (Wildman–Crippen MR) is 33.5 cm³/mol. The average Bonchev–Trinajstić information content (AvgIpc) is 1.88. The van der Waals surface area contributed by atoms with Gasteiger partial charge in [0, 0.05) is 0 Å². The molecule has 2 nitrogen and oxygen atoms in total. The molecular weight excluding hydrogens is 135 g/mol. The zero-order chi connectivity index (χ0) is 7.56. The van der Waals surface area contributed by atoms with Crippen LogP contribution in [0.5, 0.6) is 11.5 Å². The normalized spacial score (nSPS) is 9.40. The number of halogens is 1. The number of methoxy groups -OCH3 is 1. The molecule has 0 aliphatic rings. The molecule has 0 fully saturated rings. The van der Waals surface area contributed by atoms with Crippen molar-refractivity contribution in [1.82, 2.24) is 0 Å². The maximum Gasteiger partial charge on any atom is 0.176 e. The van der Waals surface area contributed by atoms with Crippen LogP contribution in [0.4, 0.5) is 4.39 Å². The highest BCUT2D eigenvalue weighted by Crippen LogP contribution is 2.19. The largest absolute Gasteiger partial charge is 0.507 e. The molecule has 0 aliphatic heterocycles. The summed E-state index contributed by atoms with van der Waals surface area (Å²) in [4.78, 5) is 0. The van der Waals surface area contributed by atoms with Gasteiger partial charge in [0.05, 0.1) is 13.2 Å². The second kappa shape index (κ2) is 2.56. The quantitative estimate of drug-likeness (QED) is 0.639. The number of benzene rings is 1. The highest BCUT2D eigenvalue weighted by molar-refractivity contribution is 5.30. The van der Waals surface area contributed by atoms with Crippen molar-refractivity contribution >= 4 is 0 Å². The van der Waals surface area contributed by atoms with Crippen LogP contribution in [-0.4, -0.2) is 12.2 Å². The van der Waals surface area contributed by atoms with Gasteiger partial charge < -0.3 is 9.84 Å². The molecule has 1 rings (SSSR count). The molecule has 1 radical (unpaired) electrons. The fourth-order valence-corrected chi connectivity index (χ4v) is 0.601. The van der Waals surface area contributed by atoms with Crippen LogP contribution in [-0.2, 0) is 0 Å². The van der Waals surface area contributed by atoms with Gasteiger partial charge in [-0.05, 0) is 12.1 Å². The van der Waals surface area contributed by atoms with E-state index in [1.165, 1.54) is 19.2 Å². The lowest BCUT2D eigenvalue weighted by Gasteiger charge is -1.99. The van der Waals surface area contributed by atoms with Crippen LogP contribution in [0.15, 0.2) is 12.1 Å². The number of rotatable bonds is 1. The van der Waals surface area contributed by atoms with E-state index < -0.39 is 5.82 Å². The van der Waals surface area contributed by atoms with E-state index in [4.69, 9.17) is 5.11 Å². The van der Waals surface area contributed by atoms with Crippen molar-refractivity contribution in [3.63, 3.8) is 0 Å². The smallest absolute Gasteiger partial charge is 0.176 e. The monoisotopic (exact) mass is 141 g/mol. The summed E-state index contributed by atoms with van der Waals surface area (Å²) in [6, 6.07) is 4.70. The van der Waals surface area contributed by atoms with Gasteiger partial charge in [0.15, 0.2) is 11.6 Å². The maximum absolute atomic E-state index is 12.5. The predicted octanol–water partition coefficient (Wildman–Crippen LogP) is 1.34. The van der Waals surface area contributed by atoms with E-state index in [9.17, 15) is 4.39 Å². The van der Waals surface area contributed by atoms with Gasteiger partial charge in [-0.1, -0.05) is 0 Å². The Morgan fingerprint density at radius 3 is 2.80 bits per heavy atom. The number of phenolic OH excluding ortho intramolecular Hbond substituents is 1. The molecule has 0 unspecified atom stereocenters. The van der Waals surface area contributed by atoms with Crippen LogP contribution in [0, 0.1) is 11.9 Å². The lowest BCUT2D eigenvalue weighted by Crippen LogP contribution is -1.86. The second-order valence-electron chi connectivity index (χ2n) is 1.73. The van der Waals surface area contributed by atoms with Crippen LogP contribution in [0.3, 0.4) is 0 Å². The van der Waals surface area contributed by atoms with Gasteiger partial charge in [-0.3, -0.25) is 0 Å². The lowest BCUT2D eigenvalue weighted by atomic mass is 10.3. The minimum atomic E-state index is -0.678. The molecule has 0 saturated heterocycles. The Labute approximate surface area is 57.9 Å². The van der Waals surface area contributed by atoms with Crippen molar-refractivity contribution in [2.75, 3.05) is 7.11 Å². The van der Waals surface area contributed by atoms with Crippen LogP contribution in [0.2, 0.25) is 0 Å². The Hall–Kier alpha value is -1.25. The number of phenols is 1. The molecule has 0 heterocycles. The van der Waals surface area contributed by atoms with Crippen LogP contribution >= 0.6 is 0 Å². The highest BCUT2D eigenvalue weighted by Gasteiger charge is 2.01. The molecule has 0 saturated carbocycles. The van der Waals surface area contributed by atoms with Gasteiger partial charge in [0.2, 0.25) is 0 Å². The Balaban J connectivity index is 3.07. The van der Waals surface area contributed by atoms with E-state index in [1.54, 1.807) is 0 Å². The fraction of sp³-hybridized carbons (Fsp3) is 0.143. The minimum Gasteiger partial charge on any atom is -0.507 e. The van der Waals surface area contributed by atoms with Crippen LogP contribution in [0.25, 0.3) is 0 Å². The van der Waals surface area contributed by atoms with Crippen LogP contribution in [0.1, 0.15) is 0 Å². The minimum absolute atomic E-state index is 0.0813. The van der Waals surface area contributed by atoms with Crippen molar-refractivity contribution in [2.24, 2.45) is 0 Å². The lowest BCUT2D eigenvalue weighted by molar-refractivity contribution is 0.381. The van der Waals surface area contributed by atoms with E-state index in [0.29, 0.717) is 0 Å². The van der Waals surface area contributed by atoms with Crippen molar-refractivity contribution in [2.45, 2.75) is 0 Å². The Morgan fingerprint density at radius 2 is 2.30 bits per heavy atom. The number of hydrogen-bond donors (Lipinski definition) is 1. The summed E-state index contributed by atoms with van der Waals surface area (Å²) >= 11 is 0. The van der Waals surface area contributed by atoms with Gasteiger partial charge in [-0.15, -0.1) is 0 Å². The van der Waals surface area contributed by atoms with Gasteiger partial charge in [-0.25, -0.2) is 4.39 Å². The SMILES string of the molecule is COc1ccc(O)[c]c1F. The summed E-state index contributed by atoms with van der Waals surface area (Å²) in [5.41, 5.74) is 0. The highest BCUT2D eigenvalue weighted by atomic mass is 19.1. The molecule has 53 valence electrons. The maximum atomic E-state index is 12.5. The third-order valence-electron chi connectivity index (χ3n) is 1.07. The average molecular weight is 141 g/mol. The van der Waals surface area contributed by atoms with Gasteiger partial charge in [-0.2, -0.15) is 0 Å².